The first-order valence-electron chi connectivity index (χ1n) is 4.29. The molecular formula is C8H7ClN2O5. The predicted molar refractivity (Wildman–Crippen MR) is 53.7 cm³/mol. The van der Waals surface area contributed by atoms with Gasteiger partial charge >= 0.3 is 0 Å². The molecule has 0 heterocycles. The molecule has 0 aliphatic heterocycles. The van der Waals surface area contributed by atoms with E-state index in [9.17, 15) is 25.0 Å². The van der Waals surface area contributed by atoms with Crippen molar-refractivity contribution in [1.29, 1.82) is 0 Å². The summed E-state index contributed by atoms with van der Waals surface area (Å²) in [6, 6.07) is 0. The maximum Gasteiger partial charge on any atom is 0.247 e. The standard InChI is InChI=1S/C8H7ClN2O5/c9-8(12)5-3-6(10(13)14)1-2-7(4-5)11(15)16/h1,4-5H,2-3H2. The lowest BCUT2D eigenvalue weighted by Gasteiger charge is -2.02. The molecule has 0 amide bonds. The average Bonchev–Trinajstić information content (AvgIpc) is 2.39. The van der Waals surface area contributed by atoms with E-state index in [4.69, 9.17) is 11.6 Å². The van der Waals surface area contributed by atoms with Gasteiger partial charge in [-0.2, -0.15) is 0 Å². The third-order valence-electron chi connectivity index (χ3n) is 2.13. The highest BCUT2D eigenvalue weighted by atomic mass is 35.5. The largest absolute Gasteiger partial charge is 0.281 e. The Bertz CT molecular complexity index is 415. The molecular weight excluding hydrogens is 240 g/mol. The Morgan fingerprint density at radius 1 is 1.31 bits per heavy atom. The number of hydrogen-bond donors (Lipinski definition) is 0. The molecule has 0 aromatic rings. The van der Waals surface area contributed by atoms with Gasteiger partial charge in [-0.05, 0) is 17.7 Å². The number of nitrogens with zero attached hydrogens (tertiary/aromatic N) is 2. The number of carbonyl (C=O) groups excluding carboxylic acids is 1. The monoisotopic (exact) mass is 246 g/mol. The fourth-order valence-electron chi connectivity index (χ4n) is 1.32. The van der Waals surface area contributed by atoms with Crippen LogP contribution in [0.1, 0.15) is 12.8 Å². The Morgan fingerprint density at radius 2 is 1.88 bits per heavy atom. The van der Waals surface area contributed by atoms with E-state index in [1.807, 2.05) is 0 Å². The molecule has 86 valence electrons. The zero-order valence-electron chi connectivity index (χ0n) is 7.96. The molecule has 0 spiro atoms. The molecule has 8 heteroatoms. The van der Waals surface area contributed by atoms with Gasteiger partial charge in [0.15, 0.2) is 0 Å². The highest BCUT2D eigenvalue weighted by molar-refractivity contribution is 6.64. The molecule has 1 rings (SSSR count). The summed E-state index contributed by atoms with van der Waals surface area (Å²) in [5.74, 6) is -1.01. The Balaban J connectivity index is 3.05. The van der Waals surface area contributed by atoms with Gasteiger partial charge < -0.3 is 0 Å². The van der Waals surface area contributed by atoms with Gasteiger partial charge in [0.2, 0.25) is 16.6 Å². The first-order chi connectivity index (χ1) is 7.41. The van der Waals surface area contributed by atoms with Gasteiger partial charge in [-0.3, -0.25) is 25.0 Å². The van der Waals surface area contributed by atoms with E-state index in [1.54, 1.807) is 0 Å². The first kappa shape index (κ1) is 12.3. The summed E-state index contributed by atoms with van der Waals surface area (Å²) in [6.45, 7) is 0. The number of halogens is 1. The highest BCUT2D eigenvalue weighted by Crippen LogP contribution is 2.24. The molecule has 0 aromatic carbocycles. The third-order valence-corrected chi connectivity index (χ3v) is 2.41. The summed E-state index contributed by atoms with van der Waals surface area (Å²) in [4.78, 5) is 30.7. The topological polar surface area (TPSA) is 103 Å². The number of nitro groups is 2. The minimum absolute atomic E-state index is 0.177. The van der Waals surface area contributed by atoms with E-state index in [-0.39, 0.29) is 24.2 Å². The molecule has 1 aliphatic carbocycles. The van der Waals surface area contributed by atoms with Crippen LogP contribution >= 0.6 is 11.6 Å². The molecule has 7 nitrogen and oxygen atoms in total. The molecule has 1 unspecified atom stereocenters. The summed E-state index contributed by atoms with van der Waals surface area (Å²) in [6.07, 6.45) is 1.81. The average molecular weight is 247 g/mol. The van der Waals surface area contributed by atoms with Gasteiger partial charge in [0.25, 0.3) is 0 Å². The van der Waals surface area contributed by atoms with Crippen molar-refractivity contribution in [3.8, 4) is 0 Å². The van der Waals surface area contributed by atoms with Crippen LogP contribution < -0.4 is 0 Å². The van der Waals surface area contributed by atoms with Crippen LogP contribution in [0.3, 0.4) is 0 Å². The maximum absolute atomic E-state index is 10.9. The van der Waals surface area contributed by atoms with Crippen LogP contribution in [0.25, 0.3) is 0 Å². The van der Waals surface area contributed by atoms with Crippen LogP contribution in [0, 0.1) is 26.1 Å². The van der Waals surface area contributed by atoms with Gasteiger partial charge in [0, 0.05) is 6.08 Å². The number of rotatable bonds is 3. The van der Waals surface area contributed by atoms with Crippen molar-refractivity contribution in [1.82, 2.24) is 0 Å². The zero-order chi connectivity index (χ0) is 12.3. The molecule has 0 aromatic heterocycles. The molecule has 0 radical (unpaired) electrons. The van der Waals surface area contributed by atoms with Crippen LogP contribution in [-0.2, 0) is 4.79 Å². The molecule has 0 N–H and O–H groups in total. The second-order valence-electron chi connectivity index (χ2n) is 3.19. The van der Waals surface area contributed by atoms with Crippen molar-refractivity contribution in [3.63, 3.8) is 0 Å². The SMILES string of the molecule is O=C(Cl)C1C=C([N+](=O)[O-])CC=C([N+](=O)[O-])C1. The highest BCUT2D eigenvalue weighted by Gasteiger charge is 2.28. The summed E-state index contributed by atoms with van der Waals surface area (Å²) < 4.78 is 0. The molecule has 0 fully saturated rings. The van der Waals surface area contributed by atoms with Crippen molar-refractivity contribution in [2.75, 3.05) is 0 Å². The molecule has 16 heavy (non-hydrogen) atoms. The number of hydrogen-bond acceptors (Lipinski definition) is 5. The minimum Gasteiger partial charge on any atom is -0.281 e. The fraction of sp³-hybridized carbons (Fsp3) is 0.375. The lowest BCUT2D eigenvalue weighted by atomic mass is 10.1. The second-order valence-corrected chi connectivity index (χ2v) is 3.56. The summed E-state index contributed by atoms with van der Waals surface area (Å²) in [5, 5.41) is 20.2. The van der Waals surface area contributed by atoms with E-state index in [0.29, 0.717) is 0 Å². The lowest BCUT2D eigenvalue weighted by Crippen LogP contribution is -2.11. The van der Waals surface area contributed by atoms with E-state index in [1.165, 1.54) is 0 Å². The predicted octanol–water partition coefficient (Wildman–Crippen LogP) is 1.48. The summed E-state index contributed by atoms with van der Waals surface area (Å²) >= 11 is 5.21. The van der Waals surface area contributed by atoms with Crippen LogP contribution in [0.4, 0.5) is 0 Å². The summed E-state index contributed by atoms with van der Waals surface area (Å²) in [7, 11) is 0. The number of carbonyl (C=O) groups is 1. The van der Waals surface area contributed by atoms with E-state index in [0.717, 1.165) is 12.2 Å². The Labute approximate surface area is 94.7 Å². The number of allylic oxidation sites excluding steroid dienone is 3. The maximum atomic E-state index is 10.9. The lowest BCUT2D eigenvalue weighted by molar-refractivity contribution is -0.430. The van der Waals surface area contributed by atoms with Crippen LogP contribution in [-0.4, -0.2) is 15.1 Å². The molecule has 0 bridgehead atoms. The van der Waals surface area contributed by atoms with Gasteiger partial charge in [-0.1, -0.05) is 0 Å². The Hall–Kier alpha value is -1.76. The third kappa shape index (κ3) is 2.86. The van der Waals surface area contributed by atoms with Gasteiger partial charge in [0.05, 0.1) is 28.6 Å². The Kier molecular flexibility index (Phi) is 3.73. The molecule has 1 atom stereocenters. The fourth-order valence-corrected chi connectivity index (χ4v) is 1.46. The minimum atomic E-state index is -1.01. The summed E-state index contributed by atoms with van der Waals surface area (Å²) in [5.41, 5.74) is -0.483. The van der Waals surface area contributed by atoms with Crippen LogP contribution in [0.2, 0.25) is 0 Å². The quantitative estimate of drug-likeness (QED) is 0.426. The van der Waals surface area contributed by atoms with Crippen LogP contribution in [0.5, 0.6) is 0 Å². The molecule has 1 aliphatic rings. The molecule has 0 saturated carbocycles. The normalized spacial score (nSPS) is 20.4. The molecule has 0 saturated heterocycles. The zero-order valence-corrected chi connectivity index (χ0v) is 8.72. The van der Waals surface area contributed by atoms with Crippen LogP contribution in [0.15, 0.2) is 23.5 Å². The van der Waals surface area contributed by atoms with Gasteiger partial charge in [0.1, 0.15) is 0 Å². The van der Waals surface area contributed by atoms with Crippen molar-refractivity contribution >= 4 is 16.8 Å². The Morgan fingerprint density at radius 3 is 2.31 bits per heavy atom. The van der Waals surface area contributed by atoms with E-state index >= 15 is 0 Å². The van der Waals surface area contributed by atoms with Gasteiger partial charge in [-0.25, -0.2) is 0 Å². The first-order valence-corrected chi connectivity index (χ1v) is 4.67. The smallest absolute Gasteiger partial charge is 0.247 e. The van der Waals surface area contributed by atoms with E-state index in [2.05, 4.69) is 0 Å². The van der Waals surface area contributed by atoms with Crippen molar-refractivity contribution < 1.29 is 14.6 Å². The van der Waals surface area contributed by atoms with E-state index < -0.39 is 21.0 Å². The van der Waals surface area contributed by atoms with Gasteiger partial charge in [-0.15, -0.1) is 0 Å². The second kappa shape index (κ2) is 4.84. The van der Waals surface area contributed by atoms with Crippen molar-refractivity contribution in [2.24, 2.45) is 5.92 Å². The van der Waals surface area contributed by atoms with Crippen molar-refractivity contribution in [2.45, 2.75) is 12.8 Å². The van der Waals surface area contributed by atoms with Crippen molar-refractivity contribution in [3.05, 3.63) is 43.8 Å².